The van der Waals surface area contributed by atoms with E-state index in [1.54, 1.807) is 7.11 Å². The summed E-state index contributed by atoms with van der Waals surface area (Å²) in [6.45, 7) is 2.36. The number of aromatic nitrogens is 2. The second-order valence-electron chi connectivity index (χ2n) is 4.98. The highest BCUT2D eigenvalue weighted by Crippen LogP contribution is 2.21. The normalized spacial score (nSPS) is 16.9. The number of nitrogens with one attached hydrogen (secondary N) is 1. The molecule has 1 N–H and O–H groups in total. The molecule has 1 aliphatic heterocycles. The third kappa shape index (κ3) is 2.38. The van der Waals surface area contributed by atoms with Crippen LogP contribution in [0.1, 0.15) is 12.8 Å². The van der Waals surface area contributed by atoms with E-state index in [-0.39, 0.29) is 5.69 Å². The van der Waals surface area contributed by atoms with Crippen LogP contribution in [0.4, 0.5) is 0 Å². The van der Waals surface area contributed by atoms with Crippen LogP contribution in [0.3, 0.4) is 0 Å². The summed E-state index contributed by atoms with van der Waals surface area (Å²) < 4.78 is 12.4. The molecular formula is C14H18N2O3. The van der Waals surface area contributed by atoms with Gasteiger partial charge in [-0.05, 0) is 30.9 Å². The van der Waals surface area contributed by atoms with Crippen molar-refractivity contribution < 1.29 is 9.47 Å². The fraction of sp³-hybridized carbons (Fsp3) is 0.500. The van der Waals surface area contributed by atoms with E-state index in [4.69, 9.17) is 9.47 Å². The van der Waals surface area contributed by atoms with Crippen LogP contribution >= 0.6 is 0 Å². The second-order valence-corrected chi connectivity index (χ2v) is 4.98. The van der Waals surface area contributed by atoms with E-state index in [1.165, 1.54) is 0 Å². The van der Waals surface area contributed by atoms with Crippen LogP contribution in [0.5, 0.6) is 5.75 Å². The number of nitrogens with zero attached hydrogens (tertiary/aromatic N) is 1. The van der Waals surface area contributed by atoms with Crippen molar-refractivity contribution in [2.45, 2.75) is 19.4 Å². The van der Waals surface area contributed by atoms with E-state index in [2.05, 4.69) is 4.98 Å². The lowest BCUT2D eigenvalue weighted by molar-refractivity contribution is 0.0613. The van der Waals surface area contributed by atoms with Crippen molar-refractivity contribution in [1.29, 1.82) is 0 Å². The van der Waals surface area contributed by atoms with Crippen molar-refractivity contribution >= 4 is 11.0 Å². The minimum absolute atomic E-state index is 0.0465. The van der Waals surface area contributed by atoms with Crippen LogP contribution in [-0.4, -0.2) is 29.9 Å². The van der Waals surface area contributed by atoms with E-state index >= 15 is 0 Å². The maximum Gasteiger partial charge on any atom is 0.326 e. The number of imidazole rings is 1. The Labute approximate surface area is 111 Å². The first kappa shape index (κ1) is 12.3. The SMILES string of the molecule is COc1ccc2c(c1)[nH]c(=O)n2CC1CCOCC1. The molecule has 1 saturated heterocycles. The molecule has 102 valence electrons. The molecule has 0 atom stereocenters. The maximum absolute atomic E-state index is 12.0. The topological polar surface area (TPSA) is 56.2 Å². The largest absolute Gasteiger partial charge is 0.497 e. The number of ether oxygens (including phenoxy) is 2. The Morgan fingerprint density at radius 2 is 2.21 bits per heavy atom. The molecule has 3 rings (SSSR count). The minimum Gasteiger partial charge on any atom is -0.497 e. The average Bonchev–Trinajstić information content (AvgIpc) is 2.75. The second kappa shape index (κ2) is 5.09. The van der Waals surface area contributed by atoms with Gasteiger partial charge in [0.15, 0.2) is 0 Å². The van der Waals surface area contributed by atoms with Crippen molar-refractivity contribution in [1.82, 2.24) is 9.55 Å². The lowest BCUT2D eigenvalue weighted by Gasteiger charge is -2.22. The minimum atomic E-state index is -0.0465. The molecule has 19 heavy (non-hydrogen) atoms. The molecule has 5 heteroatoms. The number of H-pyrrole nitrogens is 1. The molecule has 2 heterocycles. The fourth-order valence-corrected chi connectivity index (χ4v) is 2.64. The fourth-order valence-electron chi connectivity index (χ4n) is 2.64. The van der Waals surface area contributed by atoms with Crippen molar-refractivity contribution in [2.24, 2.45) is 5.92 Å². The maximum atomic E-state index is 12.0. The first-order valence-electron chi connectivity index (χ1n) is 6.62. The molecular weight excluding hydrogens is 244 g/mol. The monoisotopic (exact) mass is 262 g/mol. The summed E-state index contributed by atoms with van der Waals surface area (Å²) in [6.07, 6.45) is 2.05. The Balaban J connectivity index is 1.93. The molecule has 1 aromatic carbocycles. The number of hydrogen-bond acceptors (Lipinski definition) is 3. The molecule has 0 aliphatic carbocycles. The third-order valence-electron chi connectivity index (χ3n) is 3.76. The molecule has 0 amide bonds. The summed E-state index contributed by atoms with van der Waals surface area (Å²) in [6, 6.07) is 5.68. The smallest absolute Gasteiger partial charge is 0.326 e. The van der Waals surface area contributed by atoms with Gasteiger partial charge in [0.25, 0.3) is 0 Å². The summed E-state index contributed by atoms with van der Waals surface area (Å²) in [5.74, 6) is 1.28. The molecule has 1 aromatic heterocycles. The van der Waals surface area contributed by atoms with Gasteiger partial charge in [0, 0.05) is 25.8 Å². The average molecular weight is 262 g/mol. The molecule has 0 saturated carbocycles. The van der Waals surface area contributed by atoms with Crippen molar-refractivity contribution in [3.63, 3.8) is 0 Å². The Hall–Kier alpha value is -1.75. The van der Waals surface area contributed by atoms with Crippen LogP contribution in [0.15, 0.2) is 23.0 Å². The van der Waals surface area contributed by atoms with Gasteiger partial charge in [-0.2, -0.15) is 0 Å². The number of hydrogen-bond donors (Lipinski definition) is 1. The highest BCUT2D eigenvalue weighted by atomic mass is 16.5. The Morgan fingerprint density at radius 1 is 1.42 bits per heavy atom. The Kier molecular flexibility index (Phi) is 3.29. The quantitative estimate of drug-likeness (QED) is 0.917. The van der Waals surface area contributed by atoms with Crippen molar-refractivity contribution in [3.8, 4) is 5.75 Å². The lowest BCUT2D eigenvalue weighted by Crippen LogP contribution is -2.25. The molecule has 5 nitrogen and oxygen atoms in total. The molecule has 1 fully saturated rings. The number of rotatable bonds is 3. The van der Waals surface area contributed by atoms with Gasteiger partial charge in [0.05, 0.1) is 18.1 Å². The van der Waals surface area contributed by atoms with Crippen LogP contribution in [0.2, 0.25) is 0 Å². The highest BCUT2D eigenvalue weighted by molar-refractivity contribution is 5.76. The lowest BCUT2D eigenvalue weighted by atomic mass is 10.0. The Bertz CT molecular complexity index is 623. The van der Waals surface area contributed by atoms with Crippen molar-refractivity contribution in [2.75, 3.05) is 20.3 Å². The number of fused-ring (bicyclic) bond motifs is 1. The van der Waals surface area contributed by atoms with Crippen LogP contribution in [0.25, 0.3) is 11.0 Å². The Morgan fingerprint density at radius 3 is 2.95 bits per heavy atom. The first-order chi connectivity index (χ1) is 9.28. The molecule has 0 unspecified atom stereocenters. The molecule has 0 spiro atoms. The summed E-state index contributed by atoms with van der Waals surface area (Å²) in [7, 11) is 1.62. The summed E-state index contributed by atoms with van der Waals surface area (Å²) in [5.41, 5.74) is 1.73. The van der Waals surface area contributed by atoms with Gasteiger partial charge in [-0.25, -0.2) is 4.79 Å². The van der Waals surface area contributed by atoms with Crippen LogP contribution < -0.4 is 10.4 Å². The van der Waals surface area contributed by atoms with Crippen molar-refractivity contribution in [3.05, 3.63) is 28.7 Å². The van der Waals surface area contributed by atoms with E-state index in [9.17, 15) is 4.79 Å². The van der Waals surface area contributed by atoms with E-state index in [0.717, 1.165) is 49.4 Å². The van der Waals surface area contributed by atoms with E-state index < -0.39 is 0 Å². The summed E-state index contributed by atoms with van der Waals surface area (Å²) in [4.78, 5) is 14.9. The zero-order valence-electron chi connectivity index (χ0n) is 11.0. The van der Waals surface area contributed by atoms with Gasteiger partial charge in [0.1, 0.15) is 5.75 Å². The molecule has 2 aromatic rings. The van der Waals surface area contributed by atoms with Gasteiger partial charge in [-0.3, -0.25) is 4.57 Å². The molecule has 0 radical (unpaired) electrons. The summed E-state index contributed by atoms with van der Waals surface area (Å²) >= 11 is 0. The van der Waals surface area contributed by atoms with E-state index in [1.807, 2.05) is 22.8 Å². The van der Waals surface area contributed by atoms with Crippen LogP contribution in [0, 0.1) is 5.92 Å². The number of aromatic amines is 1. The zero-order valence-corrected chi connectivity index (χ0v) is 11.0. The number of benzene rings is 1. The zero-order chi connectivity index (χ0) is 13.2. The first-order valence-corrected chi connectivity index (χ1v) is 6.62. The van der Waals surface area contributed by atoms with Gasteiger partial charge >= 0.3 is 5.69 Å². The van der Waals surface area contributed by atoms with Gasteiger partial charge in [-0.1, -0.05) is 0 Å². The standard InChI is InChI=1S/C14H18N2O3/c1-18-11-2-3-13-12(8-11)15-14(17)16(13)9-10-4-6-19-7-5-10/h2-3,8,10H,4-7,9H2,1H3,(H,15,17). The highest BCUT2D eigenvalue weighted by Gasteiger charge is 2.17. The molecule has 1 aliphatic rings. The van der Waals surface area contributed by atoms with Crippen LogP contribution in [-0.2, 0) is 11.3 Å². The van der Waals surface area contributed by atoms with Gasteiger partial charge in [-0.15, -0.1) is 0 Å². The number of methoxy groups -OCH3 is 1. The predicted octanol–water partition coefficient (Wildman–Crippen LogP) is 1.76. The third-order valence-corrected chi connectivity index (χ3v) is 3.76. The van der Waals surface area contributed by atoms with E-state index in [0.29, 0.717) is 5.92 Å². The predicted molar refractivity (Wildman–Crippen MR) is 72.7 cm³/mol. The summed E-state index contributed by atoms with van der Waals surface area (Å²) in [5, 5.41) is 0. The molecule has 0 bridgehead atoms. The van der Waals surface area contributed by atoms with Gasteiger partial charge in [0.2, 0.25) is 0 Å². The van der Waals surface area contributed by atoms with Gasteiger partial charge < -0.3 is 14.5 Å².